The lowest BCUT2D eigenvalue weighted by Gasteiger charge is -2.42. The third-order valence-corrected chi connectivity index (χ3v) is 6.07. The molecule has 7 nitrogen and oxygen atoms in total. The summed E-state index contributed by atoms with van der Waals surface area (Å²) < 4.78 is 44.2. The lowest BCUT2D eigenvalue weighted by molar-refractivity contribution is -0.137. The van der Waals surface area contributed by atoms with Crippen molar-refractivity contribution in [3.05, 3.63) is 29.8 Å². The first-order valence-corrected chi connectivity index (χ1v) is 10.7. The number of urea groups is 1. The standard InChI is InChI=1S/C22H26F3N3O4/c1-20(2,3)32-19(31)26-12-10-21(11-13-26)17(29)27(18(30)28(21)16-8-9-16)15-6-4-14(5-7-15)22(23,24)25/h4-7,16H,8-13H2,1-3H3. The third kappa shape index (κ3) is 3.91. The number of ether oxygens (including phenoxy) is 1. The van der Waals surface area contributed by atoms with E-state index in [0.717, 1.165) is 42.0 Å². The van der Waals surface area contributed by atoms with Crippen molar-refractivity contribution < 1.29 is 32.3 Å². The van der Waals surface area contributed by atoms with Crippen LogP contribution in [-0.4, -0.2) is 58.1 Å². The van der Waals surface area contributed by atoms with Crippen LogP contribution in [0.25, 0.3) is 0 Å². The maximum absolute atomic E-state index is 13.5. The average molecular weight is 453 g/mol. The Morgan fingerprint density at radius 1 is 1.03 bits per heavy atom. The van der Waals surface area contributed by atoms with Crippen molar-refractivity contribution in [2.24, 2.45) is 0 Å². The number of imide groups is 1. The van der Waals surface area contributed by atoms with Crippen LogP contribution in [0.2, 0.25) is 0 Å². The third-order valence-electron chi connectivity index (χ3n) is 6.07. The lowest BCUT2D eigenvalue weighted by atomic mass is 9.85. The van der Waals surface area contributed by atoms with E-state index >= 15 is 0 Å². The summed E-state index contributed by atoms with van der Waals surface area (Å²) in [6.07, 6.45) is -2.92. The molecule has 4 amide bonds. The average Bonchev–Trinajstić information content (AvgIpc) is 3.49. The summed E-state index contributed by atoms with van der Waals surface area (Å²) in [6.45, 7) is 5.81. The molecule has 10 heteroatoms. The number of alkyl halides is 3. The zero-order chi connectivity index (χ0) is 23.5. The number of carbonyl (C=O) groups is 3. The fourth-order valence-electron chi connectivity index (χ4n) is 4.39. The number of nitrogens with zero attached hydrogens (tertiary/aromatic N) is 3. The van der Waals surface area contributed by atoms with Crippen LogP contribution in [0, 0.1) is 0 Å². The van der Waals surface area contributed by atoms with Gasteiger partial charge in [0.25, 0.3) is 5.91 Å². The van der Waals surface area contributed by atoms with Crippen LogP contribution in [0.4, 0.5) is 28.4 Å². The molecule has 2 saturated heterocycles. The van der Waals surface area contributed by atoms with E-state index in [2.05, 4.69) is 0 Å². The number of likely N-dealkylation sites (tertiary alicyclic amines) is 1. The smallest absolute Gasteiger partial charge is 0.416 e. The number of anilines is 1. The number of halogens is 3. The minimum atomic E-state index is -4.51. The highest BCUT2D eigenvalue weighted by Crippen LogP contribution is 2.46. The van der Waals surface area contributed by atoms with Gasteiger partial charge in [-0.2, -0.15) is 13.2 Å². The molecule has 0 radical (unpaired) electrons. The molecule has 0 aromatic heterocycles. The highest BCUT2D eigenvalue weighted by atomic mass is 19.4. The normalized spacial score (nSPS) is 21.5. The molecule has 4 rings (SSSR count). The van der Waals surface area contributed by atoms with E-state index in [1.54, 1.807) is 25.7 Å². The van der Waals surface area contributed by atoms with Crippen molar-refractivity contribution in [3.8, 4) is 0 Å². The summed E-state index contributed by atoms with van der Waals surface area (Å²) in [5, 5.41) is 0. The van der Waals surface area contributed by atoms with Gasteiger partial charge in [-0.1, -0.05) is 0 Å². The molecular weight excluding hydrogens is 427 g/mol. The van der Waals surface area contributed by atoms with Gasteiger partial charge in [0.2, 0.25) is 0 Å². The van der Waals surface area contributed by atoms with Gasteiger partial charge in [-0.3, -0.25) is 4.79 Å². The first-order chi connectivity index (χ1) is 14.8. The molecule has 0 bridgehead atoms. The predicted octanol–water partition coefficient (Wildman–Crippen LogP) is 4.41. The van der Waals surface area contributed by atoms with Crippen LogP contribution in [-0.2, 0) is 15.7 Å². The summed E-state index contributed by atoms with van der Waals surface area (Å²) in [4.78, 5) is 43.3. The number of hydrogen-bond acceptors (Lipinski definition) is 4. The van der Waals surface area contributed by atoms with E-state index in [1.807, 2.05) is 0 Å². The summed E-state index contributed by atoms with van der Waals surface area (Å²) in [5.74, 6) is -0.446. The molecule has 0 atom stereocenters. The molecule has 2 heterocycles. The molecule has 1 aliphatic carbocycles. The fourth-order valence-corrected chi connectivity index (χ4v) is 4.39. The maximum Gasteiger partial charge on any atom is 0.416 e. The molecule has 174 valence electrons. The summed E-state index contributed by atoms with van der Waals surface area (Å²) in [7, 11) is 0. The molecular formula is C22H26F3N3O4. The zero-order valence-electron chi connectivity index (χ0n) is 18.2. The van der Waals surface area contributed by atoms with Crippen LogP contribution in [0.3, 0.4) is 0 Å². The van der Waals surface area contributed by atoms with E-state index in [-0.39, 0.29) is 37.7 Å². The Hall–Kier alpha value is -2.78. The van der Waals surface area contributed by atoms with Gasteiger partial charge in [-0.05, 0) is 70.7 Å². The van der Waals surface area contributed by atoms with E-state index < -0.39 is 40.9 Å². The van der Waals surface area contributed by atoms with Crippen LogP contribution < -0.4 is 4.90 Å². The van der Waals surface area contributed by atoms with Crippen molar-refractivity contribution >= 4 is 23.7 Å². The van der Waals surface area contributed by atoms with E-state index in [1.165, 1.54) is 4.90 Å². The van der Waals surface area contributed by atoms with Crippen LogP contribution in [0.5, 0.6) is 0 Å². The highest BCUT2D eigenvalue weighted by molar-refractivity contribution is 6.23. The summed E-state index contributed by atoms with van der Waals surface area (Å²) in [6, 6.07) is 3.46. The van der Waals surface area contributed by atoms with Crippen molar-refractivity contribution in [2.45, 2.75) is 69.8 Å². The molecule has 2 aliphatic heterocycles. The second kappa shape index (κ2) is 7.38. The maximum atomic E-state index is 13.5. The largest absolute Gasteiger partial charge is 0.444 e. The van der Waals surface area contributed by atoms with E-state index in [4.69, 9.17) is 4.74 Å². The van der Waals surface area contributed by atoms with Gasteiger partial charge >= 0.3 is 18.3 Å². The number of rotatable bonds is 2. The van der Waals surface area contributed by atoms with Crippen molar-refractivity contribution in [2.75, 3.05) is 18.0 Å². The van der Waals surface area contributed by atoms with Gasteiger partial charge in [0.05, 0.1) is 11.3 Å². The van der Waals surface area contributed by atoms with Crippen molar-refractivity contribution in [1.29, 1.82) is 0 Å². The second-order valence-electron chi connectivity index (χ2n) is 9.57. The van der Waals surface area contributed by atoms with Crippen LogP contribution in [0.1, 0.15) is 52.0 Å². The van der Waals surface area contributed by atoms with Crippen LogP contribution in [0.15, 0.2) is 24.3 Å². The number of benzene rings is 1. The fraction of sp³-hybridized carbons (Fsp3) is 0.591. The first-order valence-electron chi connectivity index (χ1n) is 10.7. The van der Waals surface area contributed by atoms with Crippen molar-refractivity contribution in [3.63, 3.8) is 0 Å². The first kappa shape index (κ1) is 22.4. The van der Waals surface area contributed by atoms with E-state index in [9.17, 15) is 27.6 Å². The molecule has 1 aromatic rings. The SMILES string of the molecule is CC(C)(C)OC(=O)N1CCC2(CC1)C(=O)N(c1ccc(C(F)(F)F)cc1)C(=O)N2C1CC1. The van der Waals surface area contributed by atoms with Crippen molar-refractivity contribution in [1.82, 2.24) is 9.80 Å². The molecule has 1 saturated carbocycles. The van der Waals surface area contributed by atoms with Gasteiger partial charge < -0.3 is 14.5 Å². The quantitative estimate of drug-likeness (QED) is 0.623. The molecule has 3 aliphatic rings. The minimum Gasteiger partial charge on any atom is -0.444 e. The van der Waals surface area contributed by atoms with Crippen LogP contribution >= 0.6 is 0 Å². The van der Waals surface area contributed by atoms with Gasteiger partial charge in [0, 0.05) is 19.1 Å². The van der Waals surface area contributed by atoms with Gasteiger partial charge in [0.15, 0.2) is 0 Å². The Kier molecular flexibility index (Phi) is 5.17. The topological polar surface area (TPSA) is 70.2 Å². The minimum absolute atomic E-state index is 0.0704. The highest BCUT2D eigenvalue weighted by Gasteiger charge is 2.62. The molecule has 1 spiro atoms. The van der Waals surface area contributed by atoms with Gasteiger partial charge in [-0.15, -0.1) is 0 Å². The monoisotopic (exact) mass is 453 g/mol. The lowest BCUT2D eigenvalue weighted by Crippen LogP contribution is -2.58. The number of hydrogen-bond donors (Lipinski definition) is 0. The number of amides is 4. The summed E-state index contributed by atoms with van der Waals surface area (Å²) >= 11 is 0. The second-order valence-corrected chi connectivity index (χ2v) is 9.57. The van der Waals surface area contributed by atoms with Gasteiger partial charge in [-0.25, -0.2) is 14.5 Å². The Bertz CT molecular complexity index is 927. The number of piperidine rings is 1. The predicted molar refractivity (Wildman–Crippen MR) is 109 cm³/mol. The zero-order valence-corrected chi connectivity index (χ0v) is 18.2. The Labute approximate surface area is 184 Å². The molecule has 32 heavy (non-hydrogen) atoms. The molecule has 1 aromatic carbocycles. The Balaban J connectivity index is 1.58. The molecule has 0 unspecified atom stereocenters. The Morgan fingerprint density at radius 3 is 2.06 bits per heavy atom. The molecule has 3 fully saturated rings. The summed E-state index contributed by atoms with van der Waals surface area (Å²) in [5.41, 5.74) is -2.48. The Morgan fingerprint density at radius 2 is 1.59 bits per heavy atom. The van der Waals surface area contributed by atoms with E-state index in [0.29, 0.717) is 0 Å². The van der Waals surface area contributed by atoms with Gasteiger partial charge in [0.1, 0.15) is 11.1 Å². The molecule has 0 N–H and O–H groups in total. The number of carbonyl (C=O) groups excluding carboxylic acids is 3.